The van der Waals surface area contributed by atoms with Crippen LogP contribution in [-0.4, -0.2) is 25.3 Å². The Kier molecular flexibility index (Phi) is 2.50. The van der Waals surface area contributed by atoms with E-state index in [9.17, 15) is 0 Å². The molecule has 0 amide bonds. The molecular formula is C12H21NO. The second-order valence-electron chi connectivity index (χ2n) is 5.32. The van der Waals surface area contributed by atoms with Crippen molar-refractivity contribution in [2.45, 2.75) is 50.7 Å². The molecule has 1 heterocycles. The maximum Gasteiger partial charge on any atom is 0.0700 e. The van der Waals surface area contributed by atoms with Crippen LogP contribution >= 0.6 is 0 Å². The summed E-state index contributed by atoms with van der Waals surface area (Å²) in [6.07, 6.45) is 8.99. The number of hydrogen-bond acceptors (Lipinski definition) is 2. The van der Waals surface area contributed by atoms with E-state index in [1.165, 1.54) is 38.5 Å². The van der Waals surface area contributed by atoms with Gasteiger partial charge in [0.05, 0.1) is 6.10 Å². The first-order valence-electron chi connectivity index (χ1n) is 6.27. The number of ether oxygens (including phenoxy) is 1. The molecule has 0 aromatic carbocycles. The first-order valence-corrected chi connectivity index (χ1v) is 6.27. The minimum Gasteiger partial charge on any atom is -0.377 e. The van der Waals surface area contributed by atoms with Crippen molar-refractivity contribution >= 4 is 0 Å². The summed E-state index contributed by atoms with van der Waals surface area (Å²) in [4.78, 5) is 0. The van der Waals surface area contributed by atoms with Crippen LogP contribution in [-0.2, 0) is 4.74 Å². The molecule has 2 saturated carbocycles. The highest BCUT2D eigenvalue weighted by Gasteiger charge is 2.39. The molecular weight excluding hydrogens is 174 g/mol. The van der Waals surface area contributed by atoms with Gasteiger partial charge in [-0.2, -0.15) is 0 Å². The molecule has 1 saturated heterocycles. The van der Waals surface area contributed by atoms with E-state index in [0.29, 0.717) is 6.10 Å². The highest BCUT2D eigenvalue weighted by molar-refractivity contribution is 4.94. The molecule has 0 aromatic rings. The molecule has 0 aromatic heterocycles. The number of hydrogen-bond donors (Lipinski definition) is 1. The predicted octanol–water partition coefficient (Wildman–Crippen LogP) is 1.94. The fourth-order valence-electron chi connectivity index (χ4n) is 3.58. The van der Waals surface area contributed by atoms with Crippen LogP contribution in [0.1, 0.15) is 38.5 Å². The lowest BCUT2D eigenvalue weighted by Gasteiger charge is -2.24. The van der Waals surface area contributed by atoms with Gasteiger partial charge in [-0.05, 0) is 43.9 Å². The van der Waals surface area contributed by atoms with Crippen LogP contribution < -0.4 is 5.32 Å². The third kappa shape index (κ3) is 1.70. The summed E-state index contributed by atoms with van der Waals surface area (Å²) in [5, 5.41) is 3.73. The summed E-state index contributed by atoms with van der Waals surface area (Å²) in [5.41, 5.74) is 0. The molecule has 14 heavy (non-hydrogen) atoms. The van der Waals surface area contributed by atoms with E-state index >= 15 is 0 Å². The van der Waals surface area contributed by atoms with E-state index < -0.39 is 0 Å². The van der Waals surface area contributed by atoms with Gasteiger partial charge in [0.25, 0.3) is 0 Å². The molecule has 1 N–H and O–H groups in total. The second kappa shape index (κ2) is 3.82. The van der Waals surface area contributed by atoms with Gasteiger partial charge in [-0.3, -0.25) is 0 Å². The van der Waals surface area contributed by atoms with E-state index in [0.717, 1.165) is 31.0 Å². The van der Waals surface area contributed by atoms with Gasteiger partial charge in [0.1, 0.15) is 0 Å². The minimum absolute atomic E-state index is 0.522. The van der Waals surface area contributed by atoms with Crippen molar-refractivity contribution < 1.29 is 4.74 Å². The maximum absolute atomic E-state index is 5.63. The van der Waals surface area contributed by atoms with Crippen LogP contribution in [0.25, 0.3) is 0 Å². The number of nitrogens with one attached hydrogen (secondary N) is 1. The van der Waals surface area contributed by atoms with Gasteiger partial charge in [-0.15, -0.1) is 0 Å². The zero-order chi connectivity index (χ0) is 9.38. The Bertz CT molecular complexity index is 200. The smallest absolute Gasteiger partial charge is 0.0700 e. The third-order valence-corrected chi connectivity index (χ3v) is 4.37. The summed E-state index contributed by atoms with van der Waals surface area (Å²) >= 11 is 0. The summed E-state index contributed by atoms with van der Waals surface area (Å²) in [6.45, 7) is 2.09. The topological polar surface area (TPSA) is 21.3 Å². The van der Waals surface area contributed by atoms with Crippen molar-refractivity contribution in [2.75, 3.05) is 13.2 Å². The van der Waals surface area contributed by atoms with E-state index in [2.05, 4.69) is 5.32 Å². The van der Waals surface area contributed by atoms with Crippen LogP contribution in [0.15, 0.2) is 0 Å². The molecule has 4 atom stereocenters. The zero-order valence-electron chi connectivity index (χ0n) is 8.87. The Hall–Kier alpha value is -0.0800. The Labute approximate surface area is 86.4 Å². The van der Waals surface area contributed by atoms with Crippen LogP contribution in [0.2, 0.25) is 0 Å². The fraction of sp³-hybridized carbons (Fsp3) is 1.00. The van der Waals surface area contributed by atoms with Crippen molar-refractivity contribution in [1.29, 1.82) is 0 Å². The largest absolute Gasteiger partial charge is 0.377 e. The van der Waals surface area contributed by atoms with Crippen LogP contribution in [0.4, 0.5) is 0 Å². The monoisotopic (exact) mass is 195 g/mol. The molecule has 2 nitrogen and oxygen atoms in total. The summed E-state index contributed by atoms with van der Waals surface area (Å²) in [5.74, 6) is 2.06. The average Bonchev–Trinajstić information content (AvgIpc) is 2.91. The lowest BCUT2D eigenvalue weighted by Crippen LogP contribution is -2.38. The summed E-state index contributed by atoms with van der Waals surface area (Å²) in [6, 6.07) is 0.831. The summed E-state index contributed by atoms with van der Waals surface area (Å²) in [7, 11) is 0. The van der Waals surface area contributed by atoms with Gasteiger partial charge >= 0.3 is 0 Å². The second-order valence-corrected chi connectivity index (χ2v) is 5.32. The van der Waals surface area contributed by atoms with Crippen molar-refractivity contribution in [3.05, 3.63) is 0 Å². The first kappa shape index (κ1) is 9.17. The van der Waals surface area contributed by atoms with Crippen LogP contribution in [0, 0.1) is 11.8 Å². The average molecular weight is 195 g/mol. The highest BCUT2D eigenvalue weighted by atomic mass is 16.5. The first-order chi connectivity index (χ1) is 6.92. The van der Waals surface area contributed by atoms with E-state index in [-0.39, 0.29) is 0 Å². The number of rotatable bonds is 3. The van der Waals surface area contributed by atoms with Crippen molar-refractivity contribution in [3.8, 4) is 0 Å². The normalized spacial score (nSPS) is 46.3. The van der Waals surface area contributed by atoms with E-state index in [4.69, 9.17) is 4.74 Å². The van der Waals surface area contributed by atoms with Gasteiger partial charge in [0, 0.05) is 19.2 Å². The molecule has 3 aliphatic rings. The predicted molar refractivity (Wildman–Crippen MR) is 56.2 cm³/mol. The van der Waals surface area contributed by atoms with Gasteiger partial charge < -0.3 is 10.1 Å². The van der Waals surface area contributed by atoms with Crippen molar-refractivity contribution in [3.63, 3.8) is 0 Å². The van der Waals surface area contributed by atoms with Crippen LogP contribution in [0.3, 0.4) is 0 Å². The zero-order valence-corrected chi connectivity index (χ0v) is 8.87. The molecule has 0 unspecified atom stereocenters. The molecule has 3 fully saturated rings. The minimum atomic E-state index is 0.522. The molecule has 3 rings (SSSR count). The van der Waals surface area contributed by atoms with Crippen LogP contribution in [0.5, 0.6) is 0 Å². The lowest BCUT2D eigenvalue weighted by atomic mass is 9.95. The highest BCUT2D eigenvalue weighted by Crippen LogP contribution is 2.44. The molecule has 80 valence electrons. The Morgan fingerprint density at radius 3 is 2.79 bits per heavy atom. The van der Waals surface area contributed by atoms with E-state index in [1.54, 1.807) is 0 Å². The quantitative estimate of drug-likeness (QED) is 0.743. The SMILES string of the molecule is C1CO[C@@H](CN[C@@H]2C[C@@H]3CC[C@@H]2C3)C1. The Balaban J connectivity index is 1.44. The molecule has 2 bridgehead atoms. The Morgan fingerprint density at radius 2 is 2.14 bits per heavy atom. The van der Waals surface area contributed by atoms with Crippen molar-refractivity contribution in [2.24, 2.45) is 11.8 Å². The molecule has 1 aliphatic heterocycles. The standard InChI is InChI=1S/C12H21NO/c1-2-11(14-5-1)8-13-12-7-9-3-4-10(12)6-9/h9-13H,1-8H2/t9-,10-,11-,12-/m1/s1. The van der Waals surface area contributed by atoms with Crippen molar-refractivity contribution in [1.82, 2.24) is 5.32 Å². The third-order valence-electron chi connectivity index (χ3n) is 4.37. The lowest BCUT2D eigenvalue weighted by molar-refractivity contribution is 0.105. The van der Waals surface area contributed by atoms with Gasteiger partial charge in [-0.25, -0.2) is 0 Å². The van der Waals surface area contributed by atoms with Gasteiger partial charge in [-0.1, -0.05) is 6.42 Å². The van der Waals surface area contributed by atoms with Gasteiger partial charge in [0.2, 0.25) is 0 Å². The molecule has 0 spiro atoms. The van der Waals surface area contributed by atoms with Gasteiger partial charge in [0.15, 0.2) is 0 Å². The number of fused-ring (bicyclic) bond motifs is 2. The molecule has 0 radical (unpaired) electrons. The molecule has 2 heteroatoms. The maximum atomic E-state index is 5.63. The van der Waals surface area contributed by atoms with E-state index in [1.807, 2.05) is 0 Å². The fourth-order valence-corrected chi connectivity index (χ4v) is 3.58. The molecule has 2 aliphatic carbocycles. The summed E-state index contributed by atoms with van der Waals surface area (Å²) < 4.78 is 5.63. The Morgan fingerprint density at radius 1 is 1.14 bits per heavy atom.